The molecule has 0 atom stereocenters. The maximum absolute atomic E-state index is 15.4. The first-order chi connectivity index (χ1) is 17.6. The fourth-order valence-corrected chi connectivity index (χ4v) is 7.39. The van der Waals surface area contributed by atoms with Crippen molar-refractivity contribution in [3.8, 4) is 0 Å². The smallest absolute Gasteiger partial charge is 0.256 e. The van der Waals surface area contributed by atoms with Gasteiger partial charge < -0.3 is 0 Å². The molecule has 37 heavy (non-hydrogen) atoms. The van der Waals surface area contributed by atoms with Crippen molar-refractivity contribution < 1.29 is 26.3 Å². The van der Waals surface area contributed by atoms with Crippen LogP contribution in [-0.2, 0) is 0 Å². The quantitative estimate of drug-likeness (QED) is 0.204. The van der Waals surface area contributed by atoms with Crippen LogP contribution in [0.25, 0.3) is 53.1 Å². The molecular weight excluding hydrogens is 530 g/mol. The molecule has 4 aromatic heterocycles. The number of para-hydroxylation sites is 2. The molecular formula is C27H12F6N2S2. The molecule has 0 amide bonds. The lowest BCUT2D eigenvalue weighted by Crippen LogP contribution is -2.48. The summed E-state index contributed by atoms with van der Waals surface area (Å²) >= 11 is 1.57. The van der Waals surface area contributed by atoms with Crippen LogP contribution in [-0.4, -0.2) is 27.7 Å². The van der Waals surface area contributed by atoms with Crippen molar-refractivity contribution in [1.29, 1.82) is 0 Å². The number of allylic oxidation sites excluding steroid dienone is 2. The Hall–Kier alpha value is -3.50. The van der Waals surface area contributed by atoms with Gasteiger partial charge in [-0.3, -0.25) is 9.97 Å². The molecule has 0 saturated carbocycles. The van der Waals surface area contributed by atoms with Crippen LogP contribution in [0.15, 0.2) is 73.1 Å². The number of rotatable bonds is 2. The van der Waals surface area contributed by atoms with Crippen molar-refractivity contribution in [2.45, 2.75) is 17.8 Å². The highest BCUT2D eigenvalue weighted by Crippen LogP contribution is 2.66. The van der Waals surface area contributed by atoms with E-state index < -0.39 is 28.9 Å². The first-order valence-electron chi connectivity index (χ1n) is 11.1. The first-order valence-corrected chi connectivity index (χ1v) is 12.7. The third kappa shape index (κ3) is 2.88. The summed E-state index contributed by atoms with van der Waals surface area (Å²) in [7, 11) is 0. The number of aromatic nitrogens is 2. The Bertz CT molecular complexity index is 1800. The summed E-state index contributed by atoms with van der Waals surface area (Å²) in [4.78, 5) is 7.88. The first kappa shape index (κ1) is 22.7. The van der Waals surface area contributed by atoms with E-state index in [1.807, 2.05) is 0 Å². The second-order valence-electron chi connectivity index (χ2n) is 8.81. The molecule has 6 aromatic rings. The van der Waals surface area contributed by atoms with Gasteiger partial charge in [0.15, 0.2) is 0 Å². The molecule has 184 valence electrons. The number of alkyl halides is 6. The van der Waals surface area contributed by atoms with Gasteiger partial charge in [-0.25, -0.2) is 0 Å². The molecule has 0 fully saturated rings. The second kappa shape index (κ2) is 7.29. The lowest BCUT2D eigenvalue weighted by Gasteiger charge is -2.25. The van der Waals surface area contributed by atoms with Crippen LogP contribution in [0.4, 0.5) is 26.3 Å². The van der Waals surface area contributed by atoms with Gasteiger partial charge in [-0.2, -0.15) is 26.3 Å². The predicted octanol–water partition coefficient (Wildman–Crippen LogP) is 9.04. The molecule has 1 aliphatic rings. The number of thiophene rings is 2. The van der Waals surface area contributed by atoms with Crippen molar-refractivity contribution in [2.75, 3.05) is 0 Å². The van der Waals surface area contributed by atoms with E-state index in [9.17, 15) is 8.78 Å². The topological polar surface area (TPSA) is 25.8 Å². The molecule has 4 heterocycles. The average molecular weight is 543 g/mol. The van der Waals surface area contributed by atoms with E-state index in [-0.39, 0.29) is 9.75 Å². The van der Waals surface area contributed by atoms with Gasteiger partial charge in [-0.15, -0.1) is 22.7 Å². The summed E-state index contributed by atoms with van der Waals surface area (Å²) in [5.41, 5.74) is -1.54. The van der Waals surface area contributed by atoms with Gasteiger partial charge in [-0.05, 0) is 24.3 Å². The van der Waals surface area contributed by atoms with Crippen LogP contribution in [0, 0.1) is 0 Å². The predicted molar refractivity (Wildman–Crippen MR) is 136 cm³/mol. The van der Waals surface area contributed by atoms with Gasteiger partial charge in [0.2, 0.25) is 0 Å². The van der Waals surface area contributed by atoms with Gasteiger partial charge in [-0.1, -0.05) is 36.4 Å². The van der Waals surface area contributed by atoms with Crippen LogP contribution in [0.2, 0.25) is 0 Å². The van der Waals surface area contributed by atoms with Crippen LogP contribution in [0.3, 0.4) is 0 Å². The molecule has 0 N–H and O–H groups in total. The Labute approximate surface area is 212 Å². The molecule has 0 radical (unpaired) electrons. The molecule has 0 unspecified atom stereocenters. The SMILES string of the molecule is FC1(F)C(c2cc3cnc4ccccc4c3s2)=C(c2cc3cnc4ccccc4c3s2)C(F)(F)C1(F)F. The Morgan fingerprint density at radius 1 is 0.568 bits per heavy atom. The van der Waals surface area contributed by atoms with E-state index in [1.54, 1.807) is 48.5 Å². The number of fused-ring (bicyclic) bond motifs is 6. The second-order valence-corrected chi connectivity index (χ2v) is 10.9. The third-order valence-corrected chi connectivity index (χ3v) is 9.07. The van der Waals surface area contributed by atoms with Crippen molar-refractivity contribution in [1.82, 2.24) is 9.97 Å². The lowest BCUT2D eigenvalue weighted by molar-refractivity contribution is -0.254. The molecule has 0 bridgehead atoms. The maximum Gasteiger partial charge on any atom is 0.380 e. The molecule has 10 heteroatoms. The summed E-state index contributed by atoms with van der Waals surface area (Å²) in [6.45, 7) is 0. The molecule has 7 rings (SSSR count). The van der Waals surface area contributed by atoms with Gasteiger partial charge >= 0.3 is 17.8 Å². The Balaban J connectivity index is 1.56. The summed E-state index contributed by atoms with van der Waals surface area (Å²) in [6, 6.07) is 16.3. The Morgan fingerprint density at radius 2 is 0.973 bits per heavy atom. The molecule has 0 saturated heterocycles. The third-order valence-electron chi connectivity index (χ3n) is 6.66. The van der Waals surface area contributed by atoms with Crippen LogP contribution in [0.5, 0.6) is 0 Å². The zero-order chi connectivity index (χ0) is 25.7. The highest BCUT2D eigenvalue weighted by atomic mass is 32.1. The molecule has 0 aliphatic heterocycles. The number of hydrogen-bond acceptors (Lipinski definition) is 4. The maximum atomic E-state index is 15.4. The van der Waals surface area contributed by atoms with E-state index >= 15 is 17.6 Å². The highest BCUT2D eigenvalue weighted by molar-refractivity contribution is 7.22. The summed E-state index contributed by atoms with van der Waals surface area (Å²) in [5, 5.41) is 2.06. The highest BCUT2D eigenvalue weighted by Gasteiger charge is 2.80. The Morgan fingerprint density at radius 3 is 1.41 bits per heavy atom. The average Bonchev–Trinajstić information content (AvgIpc) is 3.53. The van der Waals surface area contributed by atoms with Crippen molar-refractivity contribution in [3.05, 3.63) is 82.8 Å². The molecule has 1 aliphatic carbocycles. The van der Waals surface area contributed by atoms with E-state index in [0.29, 0.717) is 42.0 Å². The molecule has 2 aromatic carbocycles. The fraction of sp³-hybridized carbons (Fsp3) is 0.111. The lowest BCUT2D eigenvalue weighted by atomic mass is 10.0. The summed E-state index contributed by atoms with van der Waals surface area (Å²) in [5.74, 6) is -15.8. The minimum Gasteiger partial charge on any atom is -0.256 e. The molecule has 2 nitrogen and oxygen atoms in total. The number of hydrogen-bond donors (Lipinski definition) is 0. The Kier molecular flexibility index (Phi) is 4.47. The number of halogens is 6. The number of pyridine rings is 2. The number of nitrogens with zero attached hydrogens (tertiary/aromatic N) is 2. The van der Waals surface area contributed by atoms with E-state index in [1.165, 1.54) is 24.5 Å². The fourth-order valence-electron chi connectivity index (χ4n) is 4.89. The zero-order valence-corrected chi connectivity index (χ0v) is 20.0. The van der Waals surface area contributed by atoms with Gasteiger partial charge in [0.25, 0.3) is 0 Å². The van der Waals surface area contributed by atoms with Crippen LogP contribution in [0.1, 0.15) is 9.75 Å². The van der Waals surface area contributed by atoms with E-state index in [4.69, 9.17) is 0 Å². The van der Waals surface area contributed by atoms with Crippen LogP contribution < -0.4 is 0 Å². The van der Waals surface area contributed by atoms with Crippen molar-refractivity contribution in [3.63, 3.8) is 0 Å². The normalized spacial score (nSPS) is 18.5. The van der Waals surface area contributed by atoms with Crippen LogP contribution >= 0.6 is 22.7 Å². The van der Waals surface area contributed by atoms with E-state index in [0.717, 1.165) is 22.7 Å². The van der Waals surface area contributed by atoms with Gasteiger partial charge in [0.1, 0.15) is 0 Å². The monoisotopic (exact) mass is 542 g/mol. The van der Waals surface area contributed by atoms with E-state index in [2.05, 4.69) is 9.97 Å². The number of benzene rings is 2. The zero-order valence-electron chi connectivity index (χ0n) is 18.4. The van der Waals surface area contributed by atoms with Crippen molar-refractivity contribution >= 4 is 75.8 Å². The van der Waals surface area contributed by atoms with Crippen molar-refractivity contribution in [2.24, 2.45) is 0 Å². The molecule has 0 spiro atoms. The summed E-state index contributed by atoms with van der Waals surface area (Å²) < 4.78 is 92.1. The van der Waals surface area contributed by atoms with Gasteiger partial charge in [0, 0.05) is 53.1 Å². The minimum absolute atomic E-state index is 0.342. The summed E-state index contributed by atoms with van der Waals surface area (Å²) in [6.07, 6.45) is 2.86. The standard InChI is InChI=1S/C27H12F6N2S2/c28-25(29)21(19-9-13-11-34-17-7-3-1-5-15(17)23(13)36-19)22(26(30,31)27(25,32)33)20-10-14-12-35-18-8-4-2-6-16(18)24(14)37-20/h1-12H. The largest absolute Gasteiger partial charge is 0.380 e. The minimum atomic E-state index is -5.61. The van der Waals surface area contributed by atoms with Gasteiger partial charge in [0.05, 0.1) is 22.2 Å².